The van der Waals surface area contributed by atoms with Crippen LogP contribution in [0.1, 0.15) is 96.5 Å². The van der Waals surface area contributed by atoms with Gasteiger partial charge >= 0.3 is 0 Å². The largest absolute Gasteiger partial charge is 0.497 e. The molecule has 0 radical (unpaired) electrons. The van der Waals surface area contributed by atoms with Crippen molar-refractivity contribution in [1.82, 2.24) is 42.1 Å². The van der Waals surface area contributed by atoms with Crippen LogP contribution < -0.4 is 70.6 Å². The predicted molar refractivity (Wildman–Crippen MR) is 280 cm³/mol. The van der Waals surface area contributed by atoms with Gasteiger partial charge in [0.25, 0.3) is 0 Å². The summed E-state index contributed by atoms with van der Waals surface area (Å²) >= 11 is 0. The Kier molecular flexibility index (Phi) is 25.9. The first-order chi connectivity index (χ1) is 35.5. The highest BCUT2D eigenvalue weighted by atomic mass is 33.1. The number of carbonyl (C=O) groups excluding carboxylic acids is 11. The van der Waals surface area contributed by atoms with E-state index in [1.165, 1.54) is 25.0 Å². The standard InChI is InChI=1S/C47H74N14O12S2/c1-5-26(2)39-44(71)57-30(15-16-34(48)62)41(68)58-32(21-35(49)63)42(69)59-33(45(72)61(3)24-38(66)55-29(10-9-19-53-46(51)52)40(67)54-23-36(50)64)25-74-75-47(17-7-6-8-18-47)22-37(65)56-31(43(70)60-39)20-27-11-13-28(73-4)14-12-27/h11-14,26,29-33,39H,5-10,15-25H2,1-4H3,(H2,48,62)(H2,49,63)(H2,50,64)(H,54,67)(H,55,66)(H,56,65)(H,57,71)(H,58,68)(H,59,69)(H,60,70)(H4,51,52,53)/t26-,29-,30?,31-,32-,33-,39-/m0/s1. The molecule has 26 nitrogen and oxygen atoms in total. The number of guanidine groups is 1. The number of methoxy groups -OCH3 is 1. The highest BCUT2D eigenvalue weighted by molar-refractivity contribution is 8.77. The van der Waals surface area contributed by atoms with Gasteiger partial charge in [-0.25, -0.2) is 0 Å². The molecule has 1 aliphatic heterocycles. The number of likely N-dealkylation sites (N-methyl/N-ethyl adjacent to an activating group) is 1. The molecule has 1 saturated carbocycles. The number of primary amides is 3. The smallest absolute Gasteiger partial charge is 0.246 e. The van der Waals surface area contributed by atoms with E-state index >= 15 is 0 Å². The van der Waals surface area contributed by atoms with Gasteiger partial charge in [-0.2, -0.15) is 0 Å². The number of carbonyl (C=O) groups is 11. The molecule has 1 unspecified atom stereocenters. The zero-order valence-corrected chi connectivity index (χ0v) is 44.5. The molecule has 0 aromatic heterocycles. The molecule has 3 rings (SSSR count). The number of nitrogens with zero attached hydrogens (tertiary/aromatic N) is 2. The summed E-state index contributed by atoms with van der Waals surface area (Å²) < 4.78 is 4.57. The van der Waals surface area contributed by atoms with Gasteiger partial charge in [0.15, 0.2) is 5.96 Å². The molecule has 0 bridgehead atoms. The predicted octanol–water partition coefficient (Wildman–Crippen LogP) is -3.07. The summed E-state index contributed by atoms with van der Waals surface area (Å²) in [7, 11) is 5.23. The number of nitrogens with one attached hydrogen (secondary N) is 7. The first-order valence-electron chi connectivity index (χ1n) is 24.6. The van der Waals surface area contributed by atoms with Crippen LogP contribution in [0.5, 0.6) is 5.75 Å². The first-order valence-corrected chi connectivity index (χ1v) is 26.9. The van der Waals surface area contributed by atoms with E-state index in [9.17, 15) is 52.7 Å². The van der Waals surface area contributed by atoms with E-state index in [4.69, 9.17) is 33.4 Å². The lowest BCUT2D eigenvalue weighted by molar-refractivity contribution is -0.139. The van der Waals surface area contributed by atoms with Gasteiger partial charge in [0, 0.05) is 43.4 Å². The molecule has 11 amide bonds. The van der Waals surface area contributed by atoms with Crippen molar-refractivity contribution in [3.63, 3.8) is 0 Å². The van der Waals surface area contributed by atoms with Crippen molar-refractivity contribution in [2.45, 2.75) is 138 Å². The molecule has 17 N–H and O–H groups in total. The molecule has 1 aliphatic carbocycles. The fraction of sp³-hybridized carbons (Fsp3) is 0.617. The molecule has 1 saturated heterocycles. The van der Waals surface area contributed by atoms with Crippen molar-refractivity contribution in [1.29, 1.82) is 0 Å². The lowest BCUT2D eigenvalue weighted by atomic mass is 9.85. The van der Waals surface area contributed by atoms with Crippen LogP contribution in [0, 0.1) is 5.92 Å². The number of nitrogens with two attached hydrogens (primary N) is 5. The third kappa shape index (κ3) is 21.9. The maximum absolute atomic E-state index is 14.4. The van der Waals surface area contributed by atoms with Crippen molar-refractivity contribution in [3.05, 3.63) is 29.8 Å². The lowest BCUT2D eigenvalue weighted by Gasteiger charge is -2.36. The third-order valence-electron chi connectivity index (χ3n) is 12.5. The minimum atomic E-state index is -1.76. The first kappa shape index (κ1) is 62.5. The maximum atomic E-state index is 14.4. The Labute approximate surface area is 443 Å². The Bertz CT molecular complexity index is 2230. The fourth-order valence-electron chi connectivity index (χ4n) is 8.23. The third-order valence-corrected chi connectivity index (χ3v) is 15.8. The van der Waals surface area contributed by atoms with Gasteiger partial charge < -0.3 is 75.5 Å². The summed E-state index contributed by atoms with van der Waals surface area (Å²) in [5.74, 6) is -9.64. The molecule has 1 aromatic rings. The number of hydrogen-bond donors (Lipinski definition) is 12. The summed E-state index contributed by atoms with van der Waals surface area (Å²) in [4.78, 5) is 153. The monoisotopic (exact) mass is 1090 g/mol. The van der Waals surface area contributed by atoms with E-state index in [0.29, 0.717) is 30.6 Å². The summed E-state index contributed by atoms with van der Waals surface area (Å²) in [5, 5.41) is 18.1. The Balaban J connectivity index is 2.10. The van der Waals surface area contributed by atoms with Crippen LogP contribution in [0.4, 0.5) is 0 Å². The zero-order valence-electron chi connectivity index (χ0n) is 42.9. The summed E-state index contributed by atoms with van der Waals surface area (Å²) in [6, 6.07) is -1.66. The normalized spacial score (nSPS) is 21.7. The van der Waals surface area contributed by atoms with Gasteiger partial charge in [-0.3, -0.25) is 57.7 Å². The molecule has 1 spiro atoms. The Morgan fingerprint density at radius 1 is 0.827 bits per heavy atom. The van der Waals surface area contributed by atoms with E-state index in [-0.39, 0.29) is 50.4 Å². The highest BCUT2D eigenvalue weighted by Gasteiger charge is 2.40. The Hall–Kier alpha value is -6.84. The minimum absolute atomic E-state index is 0.00605. The van der Waals surface area contributed by atoms with Crippen LogP contribution in [0.2, 0.25) is 0 Å². The quantitative estimate of drug-likeness (QED) is 0.0252. The number of amides is 11. The van der Waals surface area contributed by atoms with Crippen LogP contribution in [-0.4, -0.2) is 156 Å². The summed E-state index contributed by atoms with van der Waals surface area (Å²) in [5.41, 5.74) is 27.6. The van der Waals surface area contributed by atoms with Crippen molar-refractivity contribution < 1.29 is 57.5 Å². The van der Waals surface area contributed by atoms with Gasteiger partial charge in [-0.1, -0.05) is 73.3 Å². The number of rotatable bonds is 21. The van der Waals surface area contributed by atoms with E-state index in [2.05, 4.69) is 42.2 Å². The average molecular weight is 1090 g/mol. The molecule has 1 aromatic carbocycles. The van der Waals surface area contributed by atoms with Gasteiger partial charge in [0.05, 0.1) is 26.6 Å². The van der Waals surface area contributed by atoms with Crippen LogP contribution in [0.15, 0.2) is 29.3 Å². The molecule has 7 atom stereocenters. The number of aliphatic imine (C=N–C) groups is 1. The van der Waals surface area contributed by atoms with Crippen molar-refractivity contribution in [2.24, 2.45) is 39.6 Å². The van der Waals surface area contributed by atoms with Crippen LogP contribution >= 0.6 is 21.6 Å². The van der Waals surface area contributed by atoms with E-state index in [1.807, 2.05) is 0 Å². The molecule has 2 fully saturated rings. The summed E-state index contributed by atoms with van der Waals surface area (Å²) in [6.07, 6.45) is 2.46. The Morgan fingerprint density at radius 2 is 1.47 bits per heavy atom. The second kappa shape index (κ2) is 31.1. The van der Waals surface area contributed by atoms with Crippen LogP contribution in [0.25, 0.3) is 0 Å². The fourth-order valence-corrected chi connectivity index (χ4v) is 11.6. The molecular formula is C47H74N14O12S2. The van der Waals surface area contributed by atoms with Gasteiger partial charge in [-0.05, 0) is 55.7 Å². The van der Waals surface area contributed by atoms with Crippen molar-refractivity contribution >= 4 is 92.5 Å². The molecule has 416 valence electrons. The molecule has 75 heavy (non-hydrogen) atoms. The SMILES string of the molecule is CC[C@H](C)[C@@H]1NC(=O)[C@H](Cc2ccc(OC)cc2)NC(=O)CC2(CCCCC2)SSC[C@@H](C(=O)N(C)CC(=O)N[C@@H](CCCN=C(N)N)C(=O)NCC(N)=O)NC(=O)[C@H](CC(N)=O)NC(=O)C(CCC(N)=O)NC1=O. The molecule has 1 heterocycles. The van der Waals surface area contributed by atoms with E-state index in [0.717, 1.165) is 35.0 Å². The zero-order chi connectivity index (χ0) is 55.8. The second-order valence-corrected chi connectivity index (χ2v) is 21.4. The molecule has 28 heteroatoms. The van der Waals surface area contributed by atoms with Crippen LogP contribution in [-0.2, 0) is 59.2 Å². The Morgan fingerprint density at radius 3 is 2.07 bits per heavy atom. The van der Waals surface area contributed by atoms with Crippen molar-refractivity contribution in [2.75, 3.05) is 39.5 Å². The van der Waals surface area contributed by atoms with Gasteiger partial charge in [0.1, 0.15) is 42.0 Å². The van der Waals surface area contributed by atoms with Gasteiger partial charge in [-0.15, -0.1) is 0 Å². The minimum Gasteiger partial charge on any atom is -0.497 e. The van der Waals surface area contributed by atoms with Crippen molar-refractivity contribution in [3.8, 4) is 5.75 Å². The number of hydrogen-bond acceptors (Lipinski definition) is 15. The van der Waals surface area contributed by atoms with E-state index in [1.54, 1.807) is 38.1 Å². The second-order valence-electron chi connectivity index (χ2n) is 18.6. The average Bonchev–Trinajstić information content (AvgIpc) is 3.35. The summed E-state index contributed by atoms with van der Waals surface area (Å²) in [6.45, 7) is 2.38. The van der Waals surface area contributed by atoms with E-state index < -0.39 is 138 Å². The lowest BCUT2D eigenvalue weighted by Crippen LogP contribution is -2.61. The van der Waals surface area contributed by atoms with Crippen LogP contribution in [0.3, 0.4) is 0 Å². The van der Waals surface area contributed by atoms with Gasteiger partial charge in [0.2, 0.25) is 65.0 Å². The highest BCUT2D eigenvalue weighted by Crippen LogP contribution is 2.48. The molecular weight excluding hydrogens is 1020 g/mol. The number of ether oxygens (including phenoxy) is 1. The molecule has 2 aliphatic rings. The number of benzene rings is 1. The maximum Gasteiger partial charge on any atom is 0.246 e. The topological polar surface area (TPSA) is 427 Å².